The van der Waals surface area contributed by atoms with Crippen molar-refractivity contribution < 1.29 is 5.11 Å². The van der Waals surface area contributed by atoms with Crippen LogP contribution in [0, 0.1) is 0 Å². The SMILES string of the molecule is CCCNc1nnc(CN2CCCC(C)(O)CC2)s1. The zero-order chi connectivity index (χ0) is 13.7. The Labute approximate surface area is 119 Å². The molecule has 2 N–H and O–H groups in total. The molecular weight excluding hydrogens is 260 g/mol. The molecule has 0 radical (unpaired) electrons. The van der Waals surface area contributed by atoms with Gasteiger partial charge in [0.2, 0.25) is 5.13 Å². The summed E-state index contributed by atoms with van der Waals surface area (Å²) in [6.45, 7) is 7.84. The molecule has 1 aromatic heterocycles. The first-order valence-electron chi connectivity index (χ1n) is 7.10. The van der Waals surface area contributed by atoms with E-state index in [1.807, 2.05) is 6.92 Å². The van der Waals surface area contributed by atoms with Crippen molar-refractivity contribution in [3.63, 3.8) is 0 Å². The average Bonchev–Trinajstić information content (AvgIpc) is 2.73. The van der Waals surface area contributed by atoms with Crippen LogP contribution in [0.5, 0.6) is 0 Å². The van der Waals surface area contributed by atoms with E-state index in [2.05, 4.69) is 27.3 Å². The second-order valence-electron chi connectivity index (χ2n) is 5.55. The minimum atomic E-state index is -0.496. The summed E-state index contributed by atoms with van der Waals surface area (Å²) in [5.41, 5.74) is -0.496. The normalized spacial score (nSPS) is 25.2. The molecule has 0 saturated carbocycles. The molecule has 108 valence electrons. The number of likely N-dealkylation sites (tertiary alicyclic amines) is 1. The molecule has 1 unspecified atom stereocenters. The van der Waals surface area contributed by atoms with Crippen LogP contribution in [0.25, 0.3) is 0 Å². The second-order valence-corrected chi connectivity index (χ2v) is 6.62. The van der Waals surface area contributed by atoms with Crippen molar-refractivity contribution in [1.29, 1.82) is 0 Å². The summed E-state index contributed by atoms with van der Waals surface area (Å²) >= 11 is 1.64. The molecule has 5 nitrogen and oxygen atoms in total. The predicted molar refractivity (Wildman–Crippen MR) is 78.4 cm³/mol. The molecule has 0 bridgehead atoms. The highest BCUT2D eigenvalue weighted by atomic mass is 32.1. The Balaban J connectivity index is 1.85. The summed E-state index contributed by atoms with van der Waals surface area (Å²) in [7, 11) is 0. The van der Waals surface area contributed by atoms with E-state index < -0.39 is 5.60 Å². The Hall–Kier alpha value is -0.720. The van der Waals surface area contributed by atoms with E-state index in [0.29, 0.717) is 0 Å². The molecule has 1 aromatic rings. The lowest BCUT2D eigenvalue weighted by atomic mass is 9.98. The lowest BCUT2D eigenvalue weighted by Gasteiger charge is -2.21. The average molecular weight is 284 g/mol. The number of hydrogen-bond acceptors (Lipinski definition) is 6. The van der Waals surface area contributed by atoms with Crippen LogP contribution in [0.3, 0.4) is 0 Å². The van der Waals surface area contributed by atoms with E-state index in [1.54, 1.807) is 11.3 Å². The largest absolute Gasteiger partial charge is 0.390 e. The maximum atomic E-state index is 10.1. The lowest BCUT2D eigenvalue weighted by Crippen LogP contribution is -2.28. The number of nitrogens with one attached hydrogen (secondary N) is 1. The first-order chi connectivity index (χ1) is 9.09. The number of anilines is 1. The predicted octanol–water partition coefficient (Wildman–Crippen LogP) is 2.10. The fraction of sp³-hybridized carbons (Fsp3) is 0.846. The van der Waals surface area contributed by atoms with Gasteiger partial charge in [0.25, 0.3) is 0 Å². The number of aromatic nitrogens is 2. The van der Waals surface area contributed by atoms with E-state index in [1.165, 1.54) is 0 Å². The van der Waals surface area contributed by atoms with Crippen molar-refractivity contribution in [1.82, 2.24) is 15.1 Å². The third-order valence-electron chi connectivity index (χ3n) is 3.51. The maximum Gasteiger partial charge on any atom is 0.205 e. The zero-order valence-corrected chi connectivity index (χ0v) is 12.7. The number of aliphatic hydroxyl groups is 1. The van der Waals surface area contributed by atoms with Gasteiger partial charge in [0.1, 0.15) is 5.01 Å². The highest BCUT2D eigenvalue weighted by molar-refractivity contribution is 7.15. The van der Waals surface area contributed by atoms with Crippen LogP contribution in [0.1, 0.15) is 44.5 Å². The molecule has 2 heterocycles. The Bertz CT molecular complexity index is 394. The number of rotatable bonds is 5. The Morgan fingerprint density at radius 2 is 2.21 bits per heavy atom. The summed E-state index contributed by atoms with van der Waals surface area (Å²) in [6, 6.07) is 0. The Kier molecular flexibility index (Phi) is 5.13. The van der Waals surface area contributed by atoms with Crippen molar-refractivity contribution in [2.45, 2.75) is 51.7 Å². The van der Waals surface area contributed by atoms with Crippen molar-refractivity contribution in [2.75, 3.05) is 25.0 Å². The van der Waals surface area contributed by atoms with Gasteiger partial charge in [-0.3, -0.25) is 4.90 Å². The molecular formula is C13H24N4OS. The molecule has 0 aliphatic carbocycles. The minimum Gasteiger partial charge on any atom is -0.390 e. The monoisotopic (exact) mass is 284 g/mol. The van der Waals surface area contributed by atoms with Gasteiger partial charge in [0.05, 0.1) is 12.1 Å². The van der Waals surface area contributed by atoms with Gasteiger partial charge in [0.15, 0.2) is 0 Å². The first kappa shape index (κ1) is 14.7. The van der Waals surface area contributed by atoms with Crippen LogP contribution in [0.4, 0.5) is 5.13 Å². The molecule has 1 atom stereocenters. The highest BCUT2D eigenvalue weighted by Crippen LogP contribution is 2.23. The first-order valence-corrected chi connectivity index (χ1v) is 7.92. The van der Waals surface area contributed by atoms with Crippen LogP contribution in [-0.2, 0) is 6.54 Å². The smallest absolute Gasteiger partial charge is 0.205 e. The molecule has 0 spiro atoms. The highest BCUT2D eigenvalue weighted by Gasteiger charge is 2.25. The minimum absolute atomic E-state index is 0.496. The van der Waals surface area contributed by atoms with Gasteiger partial charge in [0, 0.05) is 13.1 Å². The fourth-order valence-electron chi connectivity index (χ4n) is 2.29. The zero-order valence-electron chi connectivity index (χ0n) is 11.9. The molecule has 1 saturated heterocycles. The third kappa shape index (κ3) is 4.71. The summed E-state index contributed by atoms with van der Waals surface area (Å²) in [6.07, 6.45) is 3.87. The molecule has 0 aromatic carbocycles. The number of nitrogens with zero attached hydrogens (tertiary/aromatic N) is 3. The molecule has 1 aliphatic rings. The van der Waals surface area contributed by atoms with E-state index >= 15 is 0 Å². The molecule has 19 heavy (non-hydrogen) atoms. The van der Waals surface area contributed by atoms with Crippen LogP contribution < -0.4 is 5.32 Å². The van der Waals surface area contributed by atoms with Gasteiger partial charge in [-0.1, -0.05) is 18.3 Å². The standard InChI is InChI=1S/C13H24N4OS/c1-3-7-14-12-16-15-11(19-12)10-17-8-4-5-13(2,18)6-9-17/h18H,3-10H2,1-2H3,(H,14,16). The number of hydrogen-bond donors (Lipinski definition) is 2. The van der Waals surface area contributed by atoms with Gasteiger partial charge in [-0.2, -0.15) is 0 Å². The summed E-state index contributed by atoms with van der Waals surface area (Å²) < 4.78 is 0. The quantitative estimate of drug-likeness (QED) is 0.867. The van der Waals surface area contributed by atoms with Gasteiger partial charge in [-0.05, 0) is 39.2 Å². The second kappa shape index (κ2) is 6.63. The van der Waals surface area contributed by atoms with Gasteiger partial charge >= 0.3 is 0 Å². The summed E-state index contributed by atoms with van der Waals surface area (Å²) in [4.78, 5) is 2.37. The summed E-state index contributed by atoms with van der Waals surface area (Å²) in [5.74, 6) is 0. The molecule has 0 amide bonds. The summed E-state index contributed by atoms with van der Waals surface area (Å²) in [5, 5.41) is 23.7. The topological polar surface area (TPSA) is 61.3 Å². The van der Waals surface area contributed by atoms with E-state index in [9.17, 15) is 5.11 Å². The van der Waals surface area contributed by atoms with Crippen molar-refractivity contribution in [3.05, 3.63) is 5.01 Å². The van der Waals surface area contributed by atoms with E-state index in [-0.39, 0.29) is 0 Å². The third-order valence-corrected chi connectivity index (χ3v) is 4.37. The molecule has 6 heteroatoms. The van der Waals surface area contributed by atoms with Crippen LogP contribution >= 0.6 is 11.3 Å². The van der Waals surface area contributed by atoms with E-state index in [0.717, 1.165) is 62.0 Å². The van der Waals surface area contributed by atoms with Gasteiger partial charge in [-0.25, -0.2) is 0 Å². The Morgan fingerprint density at radius 1 is 1.37 bits per heavy atom. The van der Waals surface area contributed by atoms with Crippen LogP contribution in [0.2, 0.25) is 0 Å². The molecule has 1 aliphatic heterocycles. The Morgan fingerprint density at radius 3 is 3.00 bits per heavy atom. The fourth-order valence-corrected chi connectivity index (χ4v) is 3.10. The van der Waals surface area contributed by atoms with Gasteiger partial charge in [-0.15, -0.1) is 10.2 Å². The van der Waals surface area contributed by atoms with Crippen LogP contribution in [0.15, 0.2) is 0 Å². The van der Waals surface area contributed by atoms with Crippen LogP contribution in [-0.4, -0.2) is 45.4 Å². The van der Waals surface area contributed by atoms with Crippen molar-refractivity contribution >= 4 is 16.5 Å². The lowest BCUT2D eigenvalue weighted by molar-refractivity contribution is 0.0444. The van der Waals surface area contributed by atoms with Crippen molar-refractivity contribution in [2.24, 2.45) is 0 Å². The van der Waals surface area contributed by atoms with Crippen molar-refractivity contribution in [3.8, 4) is 0 Å². The maximum absolute atomic E-state index is 10.1. The van der Waals surface area contributed by atoms with E-state index in [4.69, 9.17) is 0 Å². The molecule has 1 fully saturated rings. The van der Waals surface area contributed by atoms with Gasteiger partial charge < -0.3 is 10.4 Å². The molecule has 2 rings (SSSR count).